The molecule has 1 saturated heterocycles. The van der Waals surface area contributed by atoms with Gasteiger partial charge in [-0.2, -0.15) is 0 Å². The van der Waals surface area contributed by atoms with E-state index in [0.29, 0.717) is 12.8 Å². The van der Waals surface area contributed by atoms with E-state index in [1.807, 2.05) is 36.2 Å². The number of hydrogen-bond donors (Lipinski definition) is 0. The minimum atomic E-state index is 0.0124. The van der Waals surface area contributed by atoms with Crippen LogP contribution in [-0.4, -0.2) is 33.6 Å². The number of hydrogen-bond acceptors (Lipinski definition) is 6. The third-order valence-corrected chi connectivity index (χ3v) is 6.19. The van der Waals surface area contributed by atoms with Crippen molar-refractivity contribution < 1.29 is 9.47 Å². The molecule has 0 N–H and O–H groups in total. The Morgan fingerprint density at radius 1 is 1.20 bits per heavy atom. The van der Waals surface area contributed by atoms with Crippen LogP contribution in [0.5, 0.6) is 11.5 Å². The SMILES string of the molecule is CC[C@H]1CSC2=N[C@@H](c3ccccn3)[C@@H](c3ccc4c(c3)OCO4)N21. The molecule has 2 aromatic rings. The number of benzene rings is 1. The largest absolute Gasteiger partial charge is 0.454 e. The highest BCUT2D eigenvalue weighted by Gasteiger charge is 2.45. The van der Waals surface area contributed by atoms with E-state index < -0.39 is 0 Å². The number of rotatable bonds is 3. The van der Waals surface area contributed by atoms with Crippen molar-refractivity contribution in [3.8, 4) is 11.5 Å². The smallest absolute Gasteiger partial charge is 0.231 e. The zero-order valence-electron chi connectivity index (χ0n) is 14.0. The van der Waals surface area contributed by atoms with E-state index in [0.717, 1.165) is 34.5 Å². The topological polar surface area (TPSA) is 47.0 Å². The number of ether oxygens (including phenoxy) is 2. The second kappa shape index (κ2) is 5.95. The molecule has 6 heteroatoms. The Kier molecular flexibility index (Phi) is 3.59. The second-order valence-electron chi connectivity index (χ2n) is 6.45. The Hall–Kier alpha value is -2.21. The summed E-state index contributed by atoms with van der Waals surface area (Å²) in [4.78, 5) is 12.1. The zero-order chi connectivity index (χ0) is 16.8. The first-order valence-electron chi connectivity index (χ1n) is 8.64. The summed E-state index contributed by atoms with van der Waals surface area (Å²) < 4.78 is 11.1. The molecule has 4 heterocycles. The van der Waals surface area contributed by atoms with Crippen LogP contribution in [0, 0.1) is 0 Å². The van der Waals surface area contributed by atoms with Crippen molar-refractivity contribution in [3.05, 3.63) is 53.9 Å². The molecule has 0 radical (unpaired) electrons. The quantitative estimate of drug-likeness (QED) is 0.840. The number of amidine groups is 1. The predicted octanol–water partition coefficient (Wildman–Crippen LogP) is 3.79. The van der Waals surface area contributed by atoms with Crippen LogP contribution >= 0.6 is 11.8 Å². The van der Waals surface area contributed by atoms with Crippen molar-refractivity contribution in [3.63, 3.8) is 0 Å². The summed E-state index contributed by atoms with van der Waals surface area (Å²) in [7, 11) is 0. The van der Waals surface area contributed by atoms with Crippen LogP contribution in [0.3, 0.4) is 0 Å². The van der Waals surface area contributed by atoms with Crippen molar-refractivity contribution in [2.24, 2.45) is 4.99 Å². The zero-order valence-corrected chi connectivity index (χ0v) is 14.8. The molecule has 3 aliphatic heterocycles. The molecule has 0 amide bonds. The van der Waals surface area contributed by atoms with Crippen molar-refractivity contribution in [1.29, 1.82) is 0 Å². The van der Waals surface area contributed by atoms with Gasteiger partial charge in [-0.15, -0.1) is 0 Å². The van der Waals surface area contributed by atoms with Gasteiger partial charge in [0.2, 0.25) is 6.79 Å². The van der Waals surface area contributed by atoms with Crippen molar-refractivity contribution in [2.45, 2.75) is 31.5 Å². The molecule has 0 saturated carbocycles. The van der Waals surface area contributed by atoms with Crippen LogP contribution < -0.4 is 9.47 Å². The fourth-order valence-corrected chi connectivity index (χ4v) is 5.14. The van der Waals surface area contributed by atoms with Gasteiger partial charge in [-0.25, -0.2) is 0 Å². The molecule has 1 aromatic carbocycles. The third kappa shape index (κ3) is 2.39. The lowest BCUT2D eigenvalue weighted by molar-refractivity contribution is 0.173. The summed E-state index contributed by atoms with van der Waals surface area (Å²) in [6.07, 6.45) is 2.96. The molecule has 1 fully saturated rings. The third-order valence-electron chi connectivity index (χ3n) is 5.07. The molecule has 0 spiro atoms. The monoisotopic (exact) mass is 353 g/mol. The first-order valence-corrected chi connectivity index (χ1v) is 9.63. The fourth-order valence-electron chi connectivity index (χ4n) is 3.81. The van der Waals surface area contributed by atoms with Gasteiger partial charge in [0.25, 0.3) is 0 Å². The van der Waals surface area contributed by atoms with Crippen LogP contribution in [0.15, 0.2) is 47.6 Å². The van der Waals surface area contributed by atoms with Crippen LogP contribution in [0.25, 0.3) is 0 Å². The molecule has 3 atom stereocenters. The summed E-state index contributed by atoms with van der Waals surface area (Å²) in [5.41, 5.74) is 2.22. The molecule has 0 bridgehead atoms. The molecular weight excluding hydrogens is 334 g/mol. The van der Waals surface area contributed by atoms with E-state index in [2.05, 4.69) is 35.0 Å². The highest BCUT2D eigenvalue weighted by Crippen LogP contribution is 2.49. The molecular formula is C19H19N3O2S. The molecule has 0 unspecified atom stereocenters. The number of nitrogens with zero attached hydrogens (tertiary/aromatic N) is 3. The normalized spacial score (nSPS) is 26.7. The number of aliphatic imine (C=N–C) groups is 1. The van der Waals surface area contributed by atoms with Gasteiger partial charge in [-0.3, -0.25) is 9.98 Å². The fraction of sp³-hybridized carbons (Fsp3) is 0.368. The number of thioether (sulfide) groups is 1. The van der Waals surface area contributed by atoms with E-state index in [1.165, 1.54) is 5.56 Å². The second-order valence-corrected chi connectivity index (χ2v) is 7.44. The van der Waals surface area contributed by atoms with Crippen molar-refractivity contribution >= 4 is 16.9 Å². The summed E-state index contributed by atoms with van der Waals surface area (Å²) in [5.74, 6) is 2.75. The van der Waals surface area contributed by atoms with Crippen LogP contribution in [0.1, 0.15) is 36.7 Å². The standard InChI is InChI=1S/C19H19N3O2S/c1-2-13-10-25-19-21-17(14-5-3-4-8-20-14)18(22(13)19)12-6-7-15-16(9-12)24-11-23-15/h3-9,13,17-18H,2,10-11H2,1H3/t13-,17-,18+/m0/s1. The van der Waals surface area contributed by atoms with E-state index in [-0.39, 0.29) is 12.1 Å². The Balaban J connectivity index is 1.60. The molecule has 5 rings (SSSR count). The molecule has 0 aliphatic carbocycles. The lowest BCUT2D eigenvalue weighted by atomic mass is 9.95. The summed E-state index contributed by atoms with van der Waals surface area (Å²) in [5, 5.41) is 1.14. The van der Waals surface area contributed by atoms with Gasteiger partial charge in [-0.05, 0) is 36.2 Å². The maximum Gasteiger partial charge on any atom is 0.231 e. The molecule has 1 aromatic heterocycles. The maximum atomic E-state index is 5.61. The first-order chi connectivity index (χ1) is 12.3. The van der Waals surface area contributed by atoms with Crippen LogP contribution in [-0.2, 0) is 0 Å². The van der Waals surface area contributed by atoms with E-state index in [9.17, 15) is 0 Å². The van der Waals surface area contributed by atoms with E-state index in [1.54, 1.807) is 0 Å². The van der Waals surface area contributed by atoms with E-state index in [4.69, 9.17) is 14.5 Å². The first kappa shape index (κ1) is 15.1. The molecule has 3 aliphatic rings. The highest BCUT2D eigenvalue weighted by atomic mass is 32.2. The minimum Gasteiger partial charge on any atom is -0.454 e. The van der Waals surface area contributed by atoms with Crippen molar-refractivity contribution in [2.75, 3.05) is 12.5 Å². The Labute approximate surface area is 151 Å². The average molecular weight is 353 g/mol. The predicted molar refractivity (Wildman–Crippen MR) is 98.1 cm³/mol. The number of pyridine rings is 1. The van der Waals surface area contributed by atoms with Gasteiger partial charge in [0, 0.05) is 18.0 Å². The van der Waals surface area contributed by atoms with Gasteiger partial charge in [0.1, 0.15) is 6.04 Å². The molecule has 128 valence electrons. The van der Waals surface area contributed by atoms with Crippen LogP contribution in [0.2, 0.25) is 0 Å². The van der Waals surface area contributed by atoms with Gasteiger partial charge in [-0.1, -0.05) is 30.8 Å². The Morgan fingerprint density at radius 2 is 2.12 bits per heavy atom. The Bertz CT molecular complexity index is 827. The summed E-state index contributed by atoms with van der Waals surface area (Å²) in [6.45, 7) is 2.55. The number of aromatic nitrogens is 1. The Morgan fingerprint density at radius 3 is 2.96 bits per heavy atom. The molecule has 5 nitrogen and oxygen atoms in total. The lowest BCUT2D eigenvalue weighted by Crippen LogP contribution is -2.35. The summed E-state index contributed by atoms with van der Waals surface area (Å²) >= 11 is 1.86. The highest BCUT2D eigenvalue weighted by molar-refractivity contribution is 8.14. The van der Waals surface area contributed by atoms with Gasteiger partial charge >= 0.3 is 0 Å². The summed E-state index contributed by atoms with van der Waals surface area (Å²) in [6, 6.07) is 13.0. The van der Waals surface area contributed by atoms with E-state index >= 15 is 0 Å². The van der Waals surface area contributed by atoms with Crippen molar-refractivity contribution in [1.82, 2.24) is 9.88 Å². The van der Waals surface area contributed by atoms with Gasteiger partial charge < -0.3 is 14.4 Å². The lowest BCUT2D eigenvalue weighted by Gasteiger charge is -2.32. The minimum absolute atomic E-state index is 0.0124. The number of fused-ring (bicyclic) bond motifs is 2. The maximum absolute atomic E-state index is 5.61. The average Bonchev–Trinajstić information content (AvgIpc) is 3.36. The van der Waals surface area contributed by atoms with Gasteiger partial charge in [0.15, 0.2) is 16.7 Å². The molecule has 25 heavy (non-hydrogen) atoms. The van der Waals surface area contributed by atoms with Gasteiger partial charge in [0.05, 0.1) is 11.7 Å². The van der Waals surface area contributed by atoms with Crippen LogP contribution in [0.4, 0.5) is 0 Å².